The summed E-state index contributed by atoms with van der Waals surface area (Å²) in [5.41, 5.74) is 1.82. The highest BCUT2D eigenvalue weighted by Crippen LogP contribution is 2.25. The molecule has 1 N–H and O–H groups in total. The first-order valence-corrected chi connectivity index (χ1v) is 9.44. The Balaban J connectivity index is 1.77. The van der Waals surface area contributed by atoms with Crippen LogP contribution in [-0.4, -0.2) is 40.9 Å². The Morgan fingerprint density at radius 2 is 1.89 bits per heavy atom. The van der Waals surface area contributed by atoms with Crippen LogP contribution in [0.5, 0.6) is 5.75 Å². The predicted octanol–water partition coefficient (Wildman–Crippen LogP) is 3.85. The Labute approximate surface area is 163 Å². The van der Waals surface area contributed by atoms with Crippen molar-refractivity contribution < 1.29 is 9.53 Å². The molecule has 1 unspecified atom stereocenters. The van der Waals surface area contributed by atoms with Crippen LogP contribution in [0, 0.1) is 0 Å². The van der Waals surface area contributed by atoms with Gasteiger partial charge in [-0.3, -0.25) is 15.0 Å². The number of aromatic nitrogens is 2. The van der Waals surface area contributed by atoms with Crippen molar-refractivity contribution >= 4 is 22.6 Å². The number of hydrogen-bond acceptors (Lipinski definition) is 6. The van der Waals surface area contributed by atoms with Gasteiger partial charge in [-0.25, -0.2) is 0 Å². The van der Waals surface area contributed by atoms with Crippen LogP contribution in [0.1, 0.15) is 18.5 Å². The van der Waals surface area contributed by atoms with Crippen LogP contribution < -0.4 is 10.1 Å². The van der Waals surface area contributed by atoms with Crippen LogP contribution in [0.4, 0.5) is 5.13 Å². The lowest BCUT2D eigenvalue weighted by Gasteiger charge is -2.25. The van der Waals surface area contributed by atoms with E-state index < -0.39 is 0 Å². The highest BCUT2D eigenvalue weighted by Gasteiger charge is 2.25. The van der Waals surface area contributed by atoms with Gasteiger partial charge in [0.25, 0.3) is 0 Å². The van der Waals surface area contributed by atoms with Crippen molar-refractivity contribution in [3.63, 3.8) is 0 Å². The molecule has 0 saturated carbocycles. The van der Waals surface area contributed by atoms with Gasteiger partial charge in [0.2, 0.25) is 11.0 Å². The summed E-state index contributed by atoms with van der Waals surface area (Å²) in [7, 11) is 3.56. The second kappa shape index (κ2) is 8.75. The summed E-state index contributed by atoms with van der Waals surface area (Å²) < 4.78 is 9.52. The number of rotatable bonds is 7. The molecule has 0 saturated heterocycles. The van der Waals surface area contributed by atoms with E-state index in [-0.39, 0.29) is 11.9 Å². The number of nitrogens with one attached hydrogen (secondary N) is 1. The zero-order chi connectivity index (χ0) is 19.2. The van der Waals surface area contributed by atoms with Gasteiger partial charge in [0.05, 0.1) is 7.11 Å². The fourth-order valence-electron chi connectivity index (χ4n) is 2.73. The molecule has 3 aromatic rings. The number of hydrogen-bond donors (Lipinski definition) is 1. The van der Waals surface area contributed by atoms with E-state index in [0.29, 0.717) is 11.0 Å². The molecular weight excluding hydrogens is 360 g/mol. The van der Waals surface area contributed by atoms with Crippen LogP contribution in [0.2, 0.25) is 0 Å². The maximum Gasteiger partial charge on any atom is 0.248 e. The molecule has 27 heavy (non-hydrogen) atoms. The molecule has 1 atom stereocenters. The Kier molecular flexibility index (Phi) is 6.16. The molecule has 6 nitrogen and oxygen atoms in total. The van der Waals surface area contributed by atoms with Crippen molar-refractivity contribution in [1.29, 1.82) is 0 Å². The molecule has 3 rings (SSSR count). The van der Waals surface area contributed by atoms with Gasteiger partial charge >= 0.3 is 0 Å². The molecule has 0 aliphatic heterocycles. The molecule has 0 fully saturated rings. The van der Waals surface area contributed by atoms with E-state index in [2.05, 4.69) is 14.7 Å². The molecule has 0 spiro atoms. The zero-order valence-corrected chi connectivity index (χ0v) is 16.4. The Bertz CT molecular complexity index is 881. The molecule has 1 amide bonds. The van der Waals surface area contributed by atoms with Crippen molar-refractivity contribution in [1.82, 2.24) is 14.3 Å². The van der Waals surface area contributed by atoms with Crippen molar-refractivity contribution in [2.45, 2.75) is 13.0 Å². The number of carbonyl (C=O) groups excluding carboxylic acids is 1. The van der Waals surface area contributed by atoms with E-state index in [9.17, 15) is 4.79 Å². The van der Waals surface area contributed by atoms with Crippen LogP contribution >= 0.6 is 11.5 Å². The summed E-state index contributed by atoms with van der Waals surface area (Å²) in [6, 6.07) is 16.8. The van der Waals surface area contributed by atoms with Crippen molar-refractivity contribution in [2.24, 2.45) is 0 Å². The van der Waals surface area contributed by atoms with Crippen LogP contribution in [0.3, 0.4) is 0 Å². The third-order valence-electron chi connectivity index (χ3n) is 4.31. The summed E-state index contributed by atoms with van der Waals surface area (Å²) in [5, 5.41) is 3.39. The minimum Gasteiger partial charge on any atom is -0.497 e. The van der Waals surface area contributed by atoms with E-state index in [0.717, 1.165) is 23.4 Å². The van der Waals surface area contributed by atoms with Crippen molar-refractivity contribution in [3.05, 3.63) is 60.2 Å². The molecule has 0 bridgehead atoms. The number of amides is 1. The summed E-state index contributed by atoms with van der Waals surface area (Å²) in [5.74, 6) is 1.23. The fraction of sp³-hybridized carbons (Fsp3) is 0.250. The summed E-state index contributed by atoms with van der Waals surface area (Å²) in [6.45, 7) is 2.77. The molecule has 1 aromatic heterocycles. The van der Waals surface area contributed by atoms with Crippen LogP contribution in [0.25, 0.3) is 11.4 Å². The first kappa shape index (κ1) is 19.0. The third-order valence-corrected chi connectivity index (χ3v) is 4.94. The number of likely N-dealkylation sites (N-methyl/N-ethyl adjacent to an activating group) is 1. The van der Waals surface area contributed by atoms with Gasteiger partial charge in [0, 0.05) is 17.1 Å². The van der Waals surface area contributed by atoms with Gasteiger partial charge < -0.3 is 4.74 Å². The molecule has 1 heterocycles. The number of nitrogens with zero attached hydrogens (tertiary/aromatic N) is 3. The minimum absolute atomic E-state index is 0.122. The van der Waals surface area contributed by atoms with E-state index in [1.807, 2.05) is 73.5 Å². The number of anilines is 1. The average molecular weight is 382 g/mol. The maximum atomic E-state index is 12.9. The lowest BCUT2D eigenvalue weighted by Crippen LogP contribution is -2.34. The first-order chi connectivity index (χ1) is 13.1. The van der Waals surface area contributed by atoms with E-state index in [1.54, 1.807) is 7.11 Å². The van der Waals surface area contributed by atoms with Gasteiger partial charge in [-0.05, 0) is 43.4 Å². The highest BCUT2D eigenvalue weighted by molar-refractivity contribution is 7.10. The first-order valence-electron chi connectivity index (χ1n) is 8.66. The van der Waals surface area contributed by atoms with Crippen LogP contribution in [-0.2, 0) is 4.79 Å². The third kappa shape index (κ3) is 4.50. The number of carbonyl (C=O) groups is 1. The topological polar surface area (TPSA) is 67.4 Å². The van der Waals surface area contributed by atoms with Crippen molar-refractivity contribution in [3.8, 4) is 17.1 Å². The molecule has 7 heteroatoms. The number of methoxy groups -OCH3 is 1. The number of ether oxygens (including phenoxy) is 1. The van der Waals surface area contributed by atoms with Crippen molar-refractivity contribution in [2.75, 3.05) is 26.0 Å². The second-order valence-corrected chi connectivity index (χ2v) is 6.78. The molecule has 0 radical (unpaired) electrons. The standard InChI is InChI=1S/C20H22N4O2S/c1-4-24(2)17(14-8-6-5-7-9-14)19(25)22-20-21-18(23-27-20)15-10-12-16(26-3)13-11-15/h5-13,17H,4H2,1-3H3,(H,21,22,23,25). The largest absolute Gasteiger partial charge is 0.497 e. The molecule has 140 valence electrons. The Morgan fingerprint density at radius 3 is 2.52 bits per heavy atom. The second-order valence-electron chi connectivity index (χ2n) is 6.03. The molecule has 0 aliphatic rings. The highest BCUT2D eigenvalue weighted by atomic mass is 32.1. The van der Waals surface area contributed by atoms with E-state index in [1.165, 1.54) is 11.5 Å². The summed E-state index contributed by atoms with van der Waals surface area (Å²) >= 11 is 1.17. The quantitative estimate of drug-likeness (QED) is 0.672. The predicted molar refractivity (Wildman–Crippen MR) is 108 cm³/mol. The van der Waals surface area contributed by atoms with E-state index in [4.69, 9.17) is 4.74 Å². The van der Waals surface area contributed by atoms with Gasteiger partial charge in [-0.15, -0.1) is 0 Å². The Hall–Kier alpha value is -2.77. The molecule has 2 aromatic carbocycles. The molecular formula is C20H22N4O2S. The van der Waals surface area contributed by atoms with E-state index >= 15 is 0 Å². The smallest absolute Gasteiger partial charge is 0.248 e. The number of benzene rings is 2. The summed E-state index contributed by atoms with van der Waals surface area (Å²) in [4.78, 5) is 19.4. The lowest BCUT2D eigenvalue weighted by molar-refractivity contribution is -0.121. The normalized spacial score (nSPS) is 12.0. The van der Waals surface area contributed by atoms with Gasteiger partial charge in [0.15, 0.2) is 5.82 Å². The zero-order valence-electron chi connectivity index (χ0n) is 15.5. The molecule has 0 aliphatic carbocycles. The van der Waals surface area contributed by atoms with Gasteiger partial charge in [-0.1, -0.05) is 37.3 Å². The monoisotopic (exact) mass is 382 g/mol. The van der Waals surface area contributed by atoms with Gasteiger partial charge in [0.1, 0.15) is 11.8 Å². The average Bonchev–Trinajstić information content (AvgIpc) is 3.17. The maximum absolute atomic E-state index is 12.9. The SMILES string of the molecule is CCN(C)C(C(=O)Nc1nc(-c2ccc(OC)cc2)ns1)c1ccccc1. The summed E-state index contributed by atoms with van der Waals surface area (Å²) in [6.07, 6.45) is 0. The lowest BCUT2D eigenvalue weighted by atomic mass is 10.1. The fourth-order valence-corrected chi connectivity index (χ4v) is 3.32. The van der Waals surface area contributed by atoms with Crippen LogP contribution in [0.15, 0.2) is 54.6 Å². The van der Waals surface area contributed by atoms with Gasteiger partial charge in [-0.2, -0.15) is 9.36 Å². The minimum atomic E-state index is -0.385. The Morgan fingerprint density at radius 1 is 1.19 bits per heavy atom.